The lowest BCUT2D eigenvalue weighted by atomic mass is 10.2. The molecule has 2 N–H and O–H groups in total. The first kappa shape index (κ1) is 9.92. The zero-order valence-corrected chi connectivity index (χ0v) is 8.42. The third-order valence-corrected chi connectivity index (χ3v) is 2.62. The van der Waals surface area contributed by atoms with Crippen LogP contribution in [-0.2, 0) is 0 Å². The van der Waals surface area contributed by atoms with Gasteiger partial charge in [0.05, 0.1) is 4.91 Å². The van der Waals surface area contributed by atoms with Gasteiger partial charge in [-0.05, 0) is 35.5 Å². The maximum Gasteiger partial charge on any atom is 0.311 e. The third-order valence-electron chi connectivity index (χ3n) is 1.81. The normalized spacial score (nSPS) is 18.3. The molecule has 3 nitrogen and oxygen atoms in total. The Labute approximate surface area is 89.9 Å². The molecule has 2 rings (SSSR count). The summed E-state index contributed by atoms with van der Waals surface area (Å²) in [5.41, 5.74) is 6.16. The van der Waals surface area contributed by atoms with Crippen LogP contribution in [0, 0.1) is 5.82 Å². The van der Waals surface area contributed by atoms with E-state index in [2.05, 4.69) is 4.99 Å². The molecule has 0 spiro atoms. The third kappa shape index (κ3) is 2.24. The number of hydrogen-bond acceptors (Lipinski definition) is 3. The first-order valence-corrected chi connectivity index (χ1v) is 5.00. The number of amides is 1. The fraction of sp³-hybridized carbons (Fsp3) is 0. The van der Waals surface area contributed by atoms with Gasteiger partial charge in [-0.15, -0.1) is 0 Å². The van der Waals surface area contributed by atoms with E-state index in [4.69, 9.17) is 5.73 Å². The number of rotatable bonds is 1. The summed E-state index contributed by atoms with van der Waals surface area (Å²) in [5, 5.41) is -0.338. The molecular weight excluding hydrogens is 215 g/mol. The fourth-order valence-corrected chi connectivity index (χ4v) is 1.85. The Morgan fingerprint density at radius 2 is 2.27 bits per heavy atom. The van der Waals surface area contributed by atoms with Gasteiger partial charge in [0.2, 0.25) is 0 Å². The van der Waals surface area contributed by atoms with Crippen molar-refractivity contribution < 1.29 is 9.18 Å². The van der Waals surface area contributed by atoms with Crippen LogP contribution >= 0.6 is 11.8 Å². The van der Waals surface area contributed by atoms with E-state index in [1.54, 1.807) is 18.2 Å². The maximum atomic E-state index is 12.9. The smallest absolute Gasteiger partial charge is 0.311 e. The van der Waals surface area contributed by atoms with Crippen LogP contribution < -0.4 is 5.73 Å². The van der Waals surface area contributed by atoms with Gasteiger partial charge in [-0.1, -0.05) is 12.1 Å². The van der Waals surface area contributed by atoms with Crippen molar-refractivity contribution in [2.75, 3.05) is 0 Å². The quantitative estimate of drug-likeness (QED) is 0.793. The number of aliphatic imine (C=N–C) groups is 1. The Hall–Kier alpha value is -1.62. The van der Waals surface area contributed by atoms with Gasteiger partial charge in [-0.3, -0.25) is 4.79 Å². The molecule has 1 aliphatic heterocycles. The lowest BCUT2D eigenvalue weighted by Crippen LogP contribution is -2.08. The number of amidine groups is 1. The molecule has 76 valence electrons. The molecule has 0 saturated carbocycles. The Kier molecular flexibility index (Phi) is 2.55. The second-order valence-corrected chi connectivity index (χ2v) is 3.92. The van der Waals surface area contributed by atoms with E-state index < -0.39 is 0 Å². The molecule has 5 heteroatoms. The highest BCUT2D eigenvalue weighted by atomic mass is 32.2. The summed E-state index contributed by atoms with van der Waals surface area (Å²) in [5.74, 6) is -0.136. The minimum absolute atomic E-state index is 0.189. The van der Waals surface area contributed by atoms with Gasteiger partial charge in [0.15, 0.2) is 0 Å². The number of carbonyl (C=O) groups excluding carboxylic acids is 1. The Bertz CT molecular complexity index is 482. The zero-order chi connectivity index (χ0) is 10.8. The molecule has 0 aromatic heterocycles. The molecule has 0 atom stereocenters. The summed E-state index contributed by atoms with van der Waals surface area (Å²) in [6.07, 6.45) is 1.64. The maximum absolute atomic E-state index is 12.9. The lowest BCUT2D eigenvalue weighted by molar-refractivity contribution is 0.268. The molecule has 0 unspecified atom stereocenters. The summed E-state index contributed by atoms with van der Waals surface area (Å²) in [4.78, 5) is 15.0. The van der Waals surface area contributed by atoms with Crippen LogP contribution in [-0.4, -0.2) is 11.1 Å². The fourth-order valence-electron chi connectivity index (χ4n) is 1.17. The molecule has 0 aliphatic carbocycles. The molecule has 0 saturated heterocycles. The number of carbonyl (C=O) groups is 1. The van der Waals surface area contributed by atoms with Crippen LogP contribution in [0.4, 0.5) is 9.18 Å². The molecule has 1 amide bonds. The minimum Gasteiger partial charge on any atom is -0.383 e. The largest absolute Gasteiger partial charge is 0.383 e. The molecule has 1 aromatic carbocycles. The molecule has 1 heterocycles. The van der Waals surface area contributed by atoms with Crippen molar-refractivity contribution >= 4 is 28.9 Å². The predicted molar refractivity (Wildman–Crippen MR) is 59.0 cm³/mol. The van der Waals surface area contributed by atoms with Crippen molar-refractivity contribution in [2.24, 2.45) is 10.7 Å². The molecule has 0 fully saturated rings. The van der Waals surface area contributed by atoms with Gasteiger partial charge < -0.3 is 5.73 Å². The number of nitrogens with zero attached hydrogens (tertiary/aromatic N) is 1. The molecule has 0 radical (unpaired) electrons. The highest BCUT2D eigenvalue weighted by Crippen LogP contribution is 2.27. The number of thioether (sulfide) groups is 1. The molecule has 15 heavy (non-hydrogen) atoms. The highest BCUT2D eigenvalue weighted by Gasteiger charge is 2.18. The predicted octanol–water partition coefficient (Wildman–Crippen LogP) is 2.39. The van der Waals surface area contributed by atoms with Crippen molar-refractivity contribution in [3.05, 3.63) is 40.6 Å². The van der Waals surface area contributed by atoms with Crippen molar-refractivity contribution in [3.8, 4) is 0 Å². The van der Waals surface area contributed by atoms with Gasteiger partial charge in [0.25, 0.3) is 0 Å². The van der Waals surface area contributed by atoms with Gasteiger partial charge in [0, 0.05) is 0 Å². The van der Waals surface area contributed by atoms with Crippen LogP contribution in [0.2, 0.25) is 0 Å². The molecule has 1 aromatic rings. The van der Waals surface area contributed by atoms with Crippen LogP contribution in [0.5, 0.6) is 0 Å². The summed E-state index contributed by atoms with van der Waals surface area (Å²) in [7, 11) is 0. The number of nitrogens with two attached hydrogens (primary N) is 1. The first-order chi connectivity index (χ1) is 7.15. The van der Waals surface area contributed by atoms with Crippen molar-refractivity contribution in [1.82, 2.24) is 0 Å². The van der Waals surface area contributed by atoms with Crippen LogP contribution in [0.15, 0.2) is 34.2 Å². The summed E-state index contributed by atoms with van der Waals surface area (Å²) < 4.78 is 12.9. The van der Waals surface area contributed by atoms with Crippen molar-refractivity contribution in [1.29, 1.82) is 0 Å². The van der Waals surface area contributed by atoms with Crippen molar-refractivity contribution in [2.45, 2.75) is 0 Å². The number of hydrogen-bond donors (Lipinski definition) is 1. The van der Waals surface area contributed by atoms with E-state index in [1.807, 2.05) is 0 Å². The average Bonchev–Trinajstić information content (AvgIpc) is 2.45. The zero-order valence-electron chi connectivity index (χ0n) is 7.61. The van der Waals surface area contributed by atoms with E-state index in [1.165, 1.54) is 12.1 Å². The van der Waals surface area contributed by atoms with E-state index in [-0.39, 0.29) is 16.9 Å². The lowest BCUT2D eigenvalue weighted by Gasteiger charge is -1.96. The van der Waals surface area contributed by atoms with Gasteiger partial charge in [0.1, 0.15) is 11.7 Å². The minimum atomic E-state index is -0.338. The highest BCUT2D eigenvalue weighted by molar-refractivity contribution is 8.18. The second kappa shape index (κ2) is 3.86. The van der Waals surface area contributed by atoms with Crippen LogP contribution in [0.3, 0.4) is 0 Å². The molecule has 1 aliphatic rings. The van der Waals surface area contributed by atoms with E-state index >= 15 is 0 Å². The average molecular weight is 222 g/mol. The van der Waals surface area contributed by atoms with Gasteiger partial charge in [-0.25, -0.2) is 4.39 Å². The van der Waals surface area contributed by atoms with Gasteiger partial charge >= 0.3 is 5.24 Å². The Balaban J connectivity index is 2.32. The topological polar surface area (TPSA) is 55.4 Å². The number of halogens is 1. The van der Waals surface area contributed by atoms with E-state index in [0.717, 1.165) is 11.8 Å². The first-order valence-electron chi connectivity index (χ1n) is 4.19. The molecule has 0 bridgehead atoms. The SMILES string of the molecule is NC1=NC(=O)S/C1=C\c1cccc(F)c1. The molecular formula is C10H7FN2OS. The summed E-state index contributed by atoms with van der Waals surface area (Å²) in [6, 6.07) is 6.04. The van der Waals surface area contributed by atoms with E-state index in [9.17, 15) is 9.18 Å². The number of benzene rings is 1. The Morgan fingerprint density at radius 3 is 2.87 bits per heavy atom. The summed E-state index contributed by atoms with van der Waals surface area (Å²) >= 11 is 0.945. The standard InChI is InChI=1S/C10H7FN2OS/c11-7-3-1-2-6(4-7)5-8-9(12)13-10(14)15-8/h1-5H,(H2,12,13,14)/b8-5-. The second-order valence-electron chi connectivity index (χ2n) is 2.93. The van der Waals surface area contributed by atoms with Gasteiger partial charge in [-0.2, -0.15) is 4.99 Å². The van der Waals surface area contributed by atoms with E-state index in [0.29, 0.717) is 10.5 Å². The summed E-state index contributed by atoms with van der Waals surface area (Å²) in [6.45, 7) is 0. The Morgan fingerprint density at radius 1 is 1.47 bits per heavy atom. The van der Waals surface area contributed by atoms with Crippen LogP contribution in [0.25, 0.3) is 6.08 Å². The monoisotopic (exact) mass is 222 g/mol. The van der Waals surface area contributed by atoms with Crippen LogP contribution in [0.1, 0.15) is 5.56 Å². The van der Waals surface area contributed by atoms with Crippen molar-refractivity contribution in [3.63, 3.8) is 0 Å².